The zero-order chi connectivity index (χ0) is 23.7. The van der Waals surface area contributed by atoms with Crippen LogP contribution in [0.3, 0.4) is 0 Å². The molecule has 2 aromatic heterocycles. The largest absolute Gasteiger partial charge is 0.337 e. The van der Waals surface area contributed by atoms with Crippen molar-refractivity contribution in [2.45, 2.75) is 56.8 Å². The van der Waals surface area contributed by atoms with Gasteiger partial charge in [-0.05, 0) is 35.3 Å². The summed E-state index contributed by atoms with van der Waals surface area (Å²) < 4.78 is 5.38. The molecule has 0 spiro atoms. The first-order valence-electron chi connectivity index (χ1n) is 13.3. The number of quaternary nitrogens is 1. The van der Waals surface area contributed by atoms with Gasteiger partial charge in [-0.25, -0.2) is 9.67 Å². The normalized spacial score (nSPS) is 28.1. The Morgan fingerprint density at radius 2 is 1.97 bits per heavy atom. The summed E-state index contributed by atoms with van der Waals surface area (Å²) in [6, 6.07) is 11.3. The Bertz CT molecular complexity index is 1110. The molecule has 6 rings (SSSR count). The summed E-state index contributed by atoms with van der Waals surface area (Å²) in [6.45, 7) is 8.14. The van der Waals surface area contributed by atoms with Gasteiger partial charge in [0, 0.05) is 51.9 Å². The van der Waals surface area contributed by atoms with Crippen molar-refractivity contribution in [1.29, 1.82) is 0 Å². The van der Waals surface area contributed by atoms with Crippen LogP contribution >= 0.6 is 0 Å². The third-order valence-corrected chi connectivity index (χ3v) is 8.96. The standard InChI is InChI=1S/C26H38N9/c1-32-16-13-28-24(32)20-33-15-11-26(21-33,35(23-9-5-10-23)17-6-12-27-14-18-35)25-29-30-31-34(25)19-22-7-3-2-4-8-22/h2-4,7-8,13,16,23,27H,5-6,9-12,14-15,17-21H2,1H3/q+1. The molecule has 1 saturated carbocycles. The highest BCUT2D eigenvalue weighted by molar-refractivity contribution is 5.17. The highest BCUT2D eigenvalue weighted by Crippen LogP contribution is 2.49. The second-order valence-corrected chi connectivity index (χ2v) is 10.8. The fraction of sp³-hybridized carbons (Fsp3) is 0.615. The molecule has 9 nitrogen and oxygen atoms in total. The van der Waals surface area contributed by atoms with Crippen LogP contribution in [-0.4, -0.2) is 84.5 Å². The zero-order valence-corrected chi connectivity index (χ0v) is 20.9. The number of benzene rings is 1. The van der Waals surface area contributed by atoms with Gasteiger partial charge >= 0.3 is 0 Å². The van der Waals surface area contributed by atoms with E-state index in [4.69, 9.17) is 5.10 Å². The maximum Gasteiger partial charge on any atom is 0.214 e. The fourth-order valence-corrected chi connectivity index (χ4v) is 6.93. The van der Waals surface area contributed by atoms with Gasteiger partial charge in [-0.1, -0.05) is 30.3 Å². The maximum atomic E-state index is 4.83. The number of nitrogens with zero attached hydrogens (tertiary/aromatic N) is 8. The van der Waals surface area contributed by atoms with Crippen LogP contribution in [0.5, 0.6) is 0 Å². The van der Waals surface area contributed by atoms with Crippen molar-refractivity contribution < 1.29 is 4.48 Å². The van der Waals surface area contributed by atoms with Crippen molar-refractivity contribution >= 4 is 0 Å². The van der Waals surface area contributed by atoms with Gasteiger partial charge in [-0.3, -0.25) is 4.90 Å². The van der Waals surface area contributed by atoms with Gasteiger partial charge in [0.15, 0.2) is 5.54 Å². The molecular formula is C26H38N9+. The second kappa shape index (κ2) is 9.44. The molecule has 3 aliphatic rings. The average Bonchev–Trinajstić information content (AvgIpc) is 3.53. The summed E-state index contributed by atoms with van der Waals surface area (Å²) >= 11 is 0. The van der Waals surface area contributed by atoms with Gasteiger partial charge in [0.1, 0.15) is 5.82 Å². The number of imidazole rings is 1. The zero-order valence-electron chi connectivity index (χ0n) is 20.9. The Morgan fingerprint density at radius 3 is 2.74 bits per heavy atom. The van der Waals surface area contributed by atoms with E-state index < -0.39 is 0 Å². The van der Waals surface area contributed by atoms with Gasteiger partial charge in [-0.2, -0.15) is 0 Å². The molecule has 0 radical (unpaired) electrons. The molecule has 4 heterocycles. The van der Waals surface area contributed by atoms with Crippen LogP contribution in [0.2, 0.25) is 0 Å². The number of nitrogens with one attached hydrogen (secondary N) is 1. The van der Waals surface area contributed by atoms with Crippen molar-refractivity contribution in [3.8, 4) is 0 Å². The molecule has 3 fully saturated rings. The minimum atomic E-state index is -0.111. The third-order valence-electron chi connectivity index (χ3n) is 8.96. The van der Waals surface area contributed by atoms with Gasteiger partial charge in [-0.15, -0.1) is 5.10 Å². The predicted molar refractivity (Wildman–Crippen MR) is 133 cm³/mol. The topological polar surface area (TPSA) is 76.7 Å². The summed E-state index contributed by atoms with van der Waals surface area (Å²) in [6.07, 6.45) is 10.2. The number of hydrogen-bond donors (Lipinski definition) is 1. The second-order valence-electron chi connectivity index (χ2n) is 10.8. The summed E-state index contributed by atoms with van der Waals surface area (Å²) in [5.41, 5.74) is 1.13. The molecule has 3 aromatic rings. The van der Waals surface area contributed by atoms with E-state index >= 15 is 0 Å². The van der Waals surface area contributed by atoms with Gasteiger partial charge < -0.3 is 14.4 Å². The third kappa shape index (κ3) is 3.99. The molecule has 9 heteroatoms. The van der Waals surface area contributed by atoms with E-state index in [0.29, 0.717) is 12.6 Å². The van der Waals surface area contributed by atoms with E-state index in [1.54, 1.807) is 0 Å². The monoisotopic (exact) mass is 476 g/mol. The van der Waals surface area contributed by atoms with Crippen molar-refractivity contribution in [1.82, 2.24) is 40.0 Å². The molecule has 1 aromatic carbocycles. The quantitative estimate of drug-likeness (QED) is 0.525. The minimum absolute atomic E-state index is 0.111. The Balaban J connectivity index is 1.42. The van der Waals surface area contributed by atoms with E-state index in [1.807, 2.05) is 12.4 Å². The lowest BCUT2D eigenvalue weighted by atomic mass is 9.80. The average molecular weight is 477 g/mol. The lowest BCUT2D eigenvalue weighted by Crippen LogP contribution is -2.71. The fourth-order valence-electron chi connectivity index (χ4n) is 6.93. The number of tetrazole rings is 1. The Morgan fingerprint density at radius 1 is 1.09 bits per heavy atom. The van der Waals surface area contributed by atoms with E-state index in [1.165, 1.54) is 37.8 Å². The predicted octanol–water partition coefficient (Wildman–Crippen LogP) is 1.92. The molecule has 1 aliphatic carbocycles. The highest BCUT2D eigenvalue weighted by Gasteiger charge is 2.62. The molecule has 1 N–H and O–H groups in total. The first-order chi connectivity index (χ1) is 17.2. The van der Waals surface area contributed by atoms with Crippen LogP contribution in [-0.2, 0) is 25.7 Å². The van der Waals surface area contributed by atoms with Gasteiger partial charge in [0.05, 0.1) is 38.8 Å². The molecule has 35 heavy (non-hydrogen) atoms. The van der Waals surface area contributed by atoms with Crippen molar-refractivity contribution in [2.24, 2.45) is 7.05 Å². The van der Waals surface area contributed by atoms with Crippen LogP contribution in [0.4, 0.5) is 0 Å². The Hall–Kier alpha value is -2.62. The van der Waals surface area contributed by atoms with Crippen molar-refractivity contribution in [3.63, 3.8) is 0 Å². The summed E-state index contributed by atoms with van der Waals surface area (Å²) in [4.78, 5) is 7.23. The molecule has 2 unspecified atom stereocenters. The Labute approximate surface area is 207 Å². The van der Waals surface area contributed by atoms with Gasteiger partial charge in [0.2, 0.25) is 5.82 Å². The van der Waals surface area contributed by atoms with E-state index in [9.17, 15) is 0 Å². The number of likely N-dealkylation sites (tertiary alicyclic amines) is 1. The van der Waals surface area contributed by atoms with Gasteiger partial charge in [0.25, 0.3) is 0 Å². The van der Waals surface area contributed by atoms with E-state index in [2.05, 4.69) is 72.3 Å². The Kier molecular flexibility index (Phi) is 6.16. The van der Waals surface area contributed by atoms with E-state index in [0.717, 1.165) is 61.8 Å². The smallest absolute Gasteiger partial charge is 0.214 e. The number of aryl methyl sites for hydroxylation is 1. The van der Waals surface area contributed by atoms with Crippen LogP contribution in [0.25, 0.3) is 0 Å². The number of rotatable bonds is 7. The summed E-state index contributed by atoms with van der Waals surface area (Å²) in [5, 5.41) is 17.4. The first kappa shape index (κ1) is 22.8. The molecular weight excluding hydrogens is 438 g/mol. The van der Waals surface area contributed by atoms with Crippen LogP contribution < -0.4 is 5.32 Å². The molecule has 2 aliphatic heterocycles. The number of hydrogen-bond acceptors (Lipinski definition) is 6. The lowest BCUT2D eigenvalue weighted by molar-refractivity contribution is -1.01. The number of aromatic nitrogens is 6. The summed E-state index contributed by atoms with van der Waals surface area (Å²) in [7, 11) is 2.09. The molecule has 2 saturated heterocycles. The van der Waals surface area contributed by atoms with Crippen LogP contribution in [0.1, 0.15) is 49.3 Å². The van der Waals surface area contributed by atoms with Crippen LogP contribution in [0, 0.1) is 0 Å². The molecule has 2 atom stereocenters. The molecule has 0 amide bonds. The maximum absolute atomic E-state index is 4.83. The first-order valence-corrected chi connectivity index (χ1v) is 13.3. The van der Waals surface area contributed by atoms with E-state index in [-0.39, 0.29) is 5.54 Å². The van der Waals surface area contributed by atoms with Crippen molar-refractivity contribution in [3.05, 3.63) is 59.9 Å². The highest BCUT2D eigenvalue weighted by atomic mass is 15.6. The molecule has 186 valence electrons. The SMILES string of the molecule is Cn1ccnc1CN1CCC(c2nnnn2Cc2ccccc2)([N+]2(C3CCC3)CCCNCC2)C1. The van der Waals surface area contributed by atoms with Crippen LogP contribution in [0.15, 0.2) is 42.7 Å². The minimum Gasteiger partial charge on any atom is -0.337 e. The summed E-state index contributed by atoms with van der Waals surface area (Å²) in [5.74, 6) is 2.20. The van der Waals surface area contributed by atoms with Crippen molar-refractivity contribution in [2.75, 3.05) is 39.3 Å². The lowest BCUT2D eigenvalue weighted by Gasteiger charge is -2.57. The molecule has 0 bridgehead atoms.